The van der Waals surface area contributed by atoms with Crippen molar-refractivity contribution in [2.24, 2.45) is 0 Å². The highest BCUT2D eigenvalue weighted by Crippen LogP contribution is 2.15. The summed E-state index contributed by atoms with van der Waals surface area (Å²) < 4.78 is 0. The molecule has 2 atom stereocenters. The lowest BCUT2D eigenvalue weighted by atomic mass is 10.0. The Balaban J connectivity index is 1.75. The quantitative estimate of drug-likeness (QED) is 0.803. The van der Waals surface area contributed by atoms with E-state index in [-0.39, 0.29) is 0 Å². The SMILES string of the molecule is CNC1CCCN(C(C)CN2CCCCC2)C1. The van der Waals surface area contributed by atoms with Crippen LogP contribution in [0.1, 0.15) is 39.0 Å². The minimum atomic E-state index is 0.715. The van der Waals surface area contributed by atoms with Gasteiger partial charge in [-0.2, -0.15) is 0 Å². The van der Waals surface area contributed by atoms with Gasteiger partial charge in [-0.05, 0) is 59.3 Å². The van der Waals surface area contributed by atoms with Crippen molar-refractivity contribution in [3.05, 3.63) is 0 Å². The summed E-state index contributed by atoms with van der Waals surface area (Å²) in [5, 5.41) is 3.44. The summed E-state index contributed by atoms with van der Waals surface area (Å²) >= 11 is 0. The molecule has 2 saturated heterocycles. The minimum Gasteiger partial charge on any atom is -0.316 e. The highest BCUT2D eigenvalue weighted by molar-refractivity contribution is 4.82. The first kappa shape index (κ1) is 13.3. The molecule has 0 aromatic rings. The molecule has 0 radical (unpaired) electrons. The zero-order chi connectivity index (χ0) is 12.1. The third kappa shape index (κ3) is 3.94. The Morgan fingerprint density at radius 3 is 2.59 bits per heavy atom. The van der Waals surface area contributed by atoms with Crippen molar-refractivity contribution in [3.63, 3.8) is 0 Å². The Labute approximate surface area is 107 Å². The van der Waals surface area contributed by atoms with Gasteiger partial charge in [-0.3, -0.25) is 4.90 Å². The van der Waals surface area contributed by atoms with Crippen LogP contribution in [-0.2, 0) is 0 Å². The topological polar surface area (TPSA) is 18.5 Å². The van der Waals surface area contributed by atoms with Gasteiger partial charge in [-0.15, -0.1) is 0 Å². The molecule has 2 unspecified atom stereocenters. The molecular weight excluding hydrogens is 210 g/mol. The fraction of sp³-hybridized carbons (Fsp3) is 1.00. The molecule has 2 aliphatic heterocycles. The molecule has 0 bridgehead atoms. The molecule has 2 rings (SSSR count). The molecule has 17 heavy (non-hydrogen) atoms. The van der Waals surface area contributed by atoms with Gasteiger partial charge >= 0.3 is 0 Å². The minimum absolute atomic E-state index is 0.715. The molecule has 3 nitrogen and oxygen atoms in total. The normalized spacial score (nSPS) is 30.4. The summed E-state index contributed by atoms with van der Waals surface area (Å²) in [6.07, 6.45) is 6.97. The third-order valence-corrected chi connectivity index (χ3v) is 4.46. The van der Waals surface area contributed by atoms with Crippen LogP contribution in [-0.4, -0.2) is 61.7 Å². The van der Waals surface area contributed by atoms with Gasteiger partial charge in [0, 0.05) is 25.2 Å². The number of likely N-dealkylation sites (tertiary alicyclic amines) is 2. The molecule has 2 fully saturated rings. The molecule has 0 amide bonds. The fourth-order valence-electron chi connectivity index (χ4n) is 3.27. The number of hydrogen-bond donors (Lipinski definition) is 1. The molecule has 2 heterocycles. The van der Waals surface area contributed by atoms with Crippen LogP contribution >= 0.6 is 0 Å². The molecule has 2 aliphatic rings. The maximum absolute atomic E-state index is 3.44. The van der Waals surface area contributed by atoms with E-state index < -0.39 is 0 Å². The van der Waals surface area contributed by atoms with E-state index >= 15 is 0 Å². The molecule has 0 spiro atoms. The van der Waals surface area contributed by atoms with E-state index in [1.54, 1.807) is 0 Å². The Hall–Kier alpha value is -0.120. The largest absolute Gasteiger partial charge is 0.316 e. The molecule has 0 aromatic heterocycles. The van der Waals surface area contributed by atoms with Gasteiger partial charge in [-0.1, -0.05) is 6.42 Å². The van der Waals surface area contributed by atoms with Crippen LogP contribution in [0.5, 0.6) is 0 Å². The Morgan fingerprint density at radius 2 is 1.88 bits per heavy atom. The third-order valence-electron chi connectivity index (χ3n) is 4.46. The van der Waals surface area contributed by atoms with Crippen molar-refractivity contribution in [2.45, 2.75) is 51.1 Å². The van der Waals surface area contributed by atoms with Crippen molar-refractivity contribution in [2.75, 3.05) is 39.8 Å². The van der Waals surface area contributed by atoms with E-state index in [0.717, 1.165) is 6.04 Å². The van der Waals surface area contributed by atoms with E-state index in [1.807, 2.05) is 0 Å². The second-order valence-corrected chi connectivity index (χ2v) is 5.83. The van der Waals surface area contributed by atoms with E-state index in [9.17, 15) is 0 Å². The molecule has 0 aromatic carbocycles. The van der Waals surface area contributed by atoms with E-state index in [1.165, 1.54) is 64.8 Å². The fourth-order valence-corrected chi connectivity index (χ4v) is 3.27. The van der Waals surface area contributed by atoms with Gasteiger partial charge in [0.2, 0.25) is 0 Å². The number of hydrogen-bond acceptors (Lipinski definition) is 3. The molecule has 1 N–H and O–H groups in total. The second-order valence-electron chi connectivity index (χ2n) is 5.83. The Kier molecular flexibility index (Phi) is 5.26. The maximum atomic E-state index is 3.44. The lowest BCUT2D eigenvalue weighted by Crippen LogP contribution is -2.51. The van der Waals surface area contributed by atoms with Crippen LogP contribution in [0.2, 0.25) is 0 Å². The molecule has 0 saturated carbocycles. The zero-order valence-electron chi connectivity index (χ0n) is 11.6. The highest BCUT2D eigenvalue weighted by atomic mass is 15.2. The van der Waals surface area contributed by atoms with Crippen LogP contribution in [0.25, 0.3) is 0 Å². The second kappa shape index (κ2) is 6.72. The van der Waals surface area contributed by atoms with Gasteiger partial charge < -0.3 is 10.2 Å². The standard InChI is InChI=1S/C14H29N3/c1-13(11-16-8-4-3-5-9-16)17-10-6-7-14(12-17)15-2/h13-15H,3-12H2,1-2H3. The summed E-state index contributed by atoms with van der Waals surface area (Å²) in [6, 6.07) is 1.44. The van der Waals surface area contributed by atoms with Crippen molar-refractivity contribution in [1.29, 1.82) is 0 Å². The first-order chi connectivity index (χ1) is 8.29. The van der Waals surface area contributed by atoms with Crippen molar-refractivity contribution in [3.8, 4) is 0 Å². The summed E-state index contributed by atoms with van der Waals surface area (Å²) in [5.41, 5.74) is 0. The highest BCUT2D eigenvalue weighted by Gasteiger charge is 2.24. The number of likely N-dealkylation sites (N-methyl/N-ethyl adjacent to an activating group) is 1. The van der Waals surface area contributed by atoms with Crippen LogP contribution in [0, 0.1) is 0 Å². The molecule has 100 valence electrons. The maximum Gasteiger partial charge on any atom is 0.0195 e. The molecule has 3 heteroatoms. The Morgan fingerprint density at radius 1 is 1.12 bits per heavy atom. The average Bonchev–Trinajstić information content (AvgIpc) is 2.40. The zero-order valence-corrected chi connectivity index (χ0v) is 11.6. The average molecular weight is 239 g/mol. The summed E-state index contributed by atoms with van der Waals surface area (Å²) in [7, 11) is 2.10. The van der Waals surface area contributed by atoms with Crippen LogP contribution < -0.4 is 5.32 Å². The number of nitrogens with zero attached hydrogens (tertiary/aromatic N) is 2. The van der Waals surface area contributed by atoms with Crippen LogP contribution in [0.15, 0.2) is 0 Å². The first-order valence-electron chi connectivity index (χ1n) is 7.43. The predicted molar refractivity (Wildman–Crippen MR) is 73.4 cm³/mol. The number of piperidine rings is 2. The number of rotatable bonds is 4. The molecule has 0 aliphatic carbocycles. The van der Waals surface area contributed by atoms with Crippen LogP contribution in [0.4, 0.5) is 0 Å². The van der Waals surface area contributed by atoms with Crippen molar-refractivity contribution >= 4 is 0 Å². The number of nitrogens with one attached hydrogen (secondary N) is 1. The van der Waals surface area contributed by atoms with Gasteiger partial charge in [0.15, 0.2) is 0 Å². The van der Waals surface area contributed by atoms with Gasteiger partial charge in [0.05, 0.1) is 0 Å². The van der Waals surface area contributed by atoms with Gasteiger partial charge in [0.1, 0.15) is 0 Å². The van der Waals surface area contributed by atoms with Gasteiger partial charge in [0.25, 0.3) is 0 Å². The van der Waals surface area contributed by atoms with Crippen molar-refractivity contribution < 1.29 is 0 Å². The molecular formula is C14H29N3. The Bertz CT molecular complexity index is 214. The smallest absolute Gasteiger partial charge is 0.0195 e. The van der Waals surface area contributed by atoms with Crippen molar-refractivity contribution in [1.82, 2.24) is 15.1 Å². The van der Waals surface area contributed by atoms with E-state index in [0.29, 0.717) is 6.04 Å². The van der Waals surface area contributed by atoms with Gasteiger partial charge in [-0.25, -0.2) is 0 Å². The monoisotopic (exact) mass is 239 g/mol. The van der Waals surface area contributed by atoms with E-state index in [4.69, 9.17) is 0 Å². The summed E-state index contributed by atoms with van der Waals surface area (Å²) in [6.45, 7) is 8.88. The summed E-state index contributed by atoms with van der Waals surface area (Å²) in [4.78, 5) is 5.34. The summed E-state index contributed by atoms with van der Waals surface area (Å²) in [5.74, 6) is 0. The first-order valence-corrected chi connectivity index (χ1v) is 7.43. The lowest BCUT2D eigenvalue weighted by molar-refractivity contribution is 0.104. The lowest BCUT2D eigenvalue weighted by Gasteiger charge is -2.39. The van der Waals surface area contributed by atoms with Crippen LogP contribution in [0.3, 0.4) is 0 Å². The predicted octanol–water partition coefficient (Wildman–Crippen LogP) is 1.54. The van der Waals surface area contributed by atoms with E-state index in [2.05, 4.69) is 29.1 Å².